The molecule has 4 nitrogen and oxygen atoms in total. The maximum absolute atomic E-state index is 13.3. The van der Waals surface area contributed by atoms with Gasteiger partial charge in [-0.15, -0.1) is 0 Å². The molecule has 2 aromatic rings. The van der Waals surface area contributed by atoms with Gasteiger partial charge in [-0.25, -0.2) is 14.4 Å². The highest BCUT2D eigenvalue weighted by molar-refractivity contribution is 9.10. The highest BCUT2D eigenvalue weighted by Gasteiger charge is 2.16. The van der Waals surface area contributed by atoms with Crippen molar-refractivity contribution < 1.29 is 9.18 Å². The first-order valence-electron chi connectivity index (χ1n) is 4.92. The molecule has 8 heteroatoms. The van der Waals surface area contributed by atoms with Gasteiger partial charge < -0.3 is 5.32 Å². The second-order valence-electron chi connectivity index (χ2n) is 3.38. The number of benzene rings is 1. The van der Waals surface area contributed by atoms with Gasteiger partial charge in [0.05, 0.1) is 10.0 Å². The number of halogens is 4. The zero-order valence-electron chi connectivity index (χ0n) is 9.12. The summed E-state index contributed by atoms with van der Waals surface area (Å²) in [6.07, 6.45) is 1.16. The van der Waals surface area contributed by atoms with E-state index in [1.807, 2.05) is 0 Å². The Balaban J connectivity index is 2.31. The maximum Gasteiger partial charge on any atom is 0.258 e. The lowest BCUT2D eigenvalue weighted by Gasteiger charge is -2.08. The molecule has 19 heavy (non-hydrogen) atoms. The van der Waals surface area contributed by atoms with E-state index in [0.717, 1.165) is 6.33 Å². The van der Waals surface area contributed by atoms with Gasteiger partial charge in [0.1, 0.15) is 17.2 Å². The number of anilines is 1. The Morgan fingerprint density at radius 2 is 2.05 bits per heavy atom. The SMILES string of the molecule is O=C(Nc1ncnc(Cl)c1Cl)c1cccc(F)c1Br. The van der Waals surface area contributed by atoms with Crippen LogP contribution in [-0.2, 0) is 0 Å². The van der Waals surface area contributed by atoms with E-state index in [0.29, 0.717) is 0 Å². The van der Waals surface area contributed by atoms with Crippen LogP contribution in [0, 0.1) is 5.82 Å². The van der Waals surface area contributed by atoms with Crippen LogP contribution in [0.2, 0.25) is 10.2 Å². The number of aromatic nitrogens is 2. The second kappa shape index (κ2) is 5.81. The maximum atomic E-state index is 13.3. The van der Waals surface area contributed by atoms with Gasteiger partial charge >= 0.3 is 0 Å². The van der Waals surface area contributed by atoms with Crippen molar-refractivity contribution in [3.63, 3.8) is 0 Å². The Kier molecular flexibility index (Phi) is 4.34. The highest BCUT2D eigenvalue weighted by Crippen LogP contribution is 2.27. The summed E-state index contributed by atoms with van der Waals surface area (Å²) in [5.74, 6) is -1.05. The van der Waals surface area contributed by atoms with E-state index in [4.69, 9.17) is 23.2 Å². The quantitative estimate of drug-likeness (QED) is 0.821. The van der Waals surface area contributed by atoms with Crippen molar-refractivity contribution in [3.8, 4) is 0 Å². The van der Waals surface area contributed by atoms with Crippen LogP contribution >= 0.6 is 39.1 Å². The molecule has 2 rings (SSSR count). The Hall–Kier alpha value is -1.24. The van der Waals surface area contributed by atoms with Gasteiger partial charge in [-0.2, -0.15) is 0 Å². The topological polar surface area (TPSA) is 54.9 Å². The van der Waals surface area contributed by atoms with Crippen LogP contribution in [0.4, 0.5) is 10.2 Å². The number of nitrogens with one attached hydrogen (secondary N) is 1. The molecule has 1 aromatic carbocycles. The predicted octanol–water partition coefficient (Wildman–Crippen LogP) is 3.94. The Bertz CT molecular complexity index is 654. The van der Waals surface area contributed by atoms with Crippen molar-refractivity contribution in [3.05, 3.63) is 50.6 Å². The van der Waals surface area contributed by atoms with Crippen LogP contribution < -0.4 is 5.32 Å². The monoisotopic (exact) mass is 363 g/mol. The van der Waals surface area contributed by atoms with Crippen molar-refractivity contribution in [1.29, 1.82) is 0 Å². The van der Waals surface area contributed by atoms with Crippen molar-refractivity contribution in [2.24, 2.45) is 0 Å². The van der Waals surface area contributed by atoms with Crippen LogP contribution in [0.25, 0.3) is 0 Å². The molecule has 0 unspecified atom stereocenters. The number of amides is 1. The molecule has 98 valence electrons. The molecule has 0 saturated heterocycles. The summed E-state index contributed by atoms with van der Waals surface area (Å²) < 4.78 is 13.4. The van der Waals surface area contributed by atoms with Crippen molar-refractivity contribution in [2.45, 2.75) is 0 Å². The molecule has 1 aromatic heterocycles. The predicted molar refractivity (Wildman–Crippen MR) is 74.1 cm³/mol. The summed E-state index contributed by atoms with van der Waals surface area (Å²) in [5.41, 5.74) is 0.116. The van der Waals surface area contributed by atoms with Gasteiger partial charge in [-0.1, -0.05) is 29.3 Å². The second-order valence-corrected chi connectivity index (χ2v) is 4.91. The molecule has 1 amide bonds. The lowest BCUT2D eigenvalue weighted by atomic mass is 10.2. The zero-order valence-corrected chi connectivity index (χ0v) is 12.2. The molecule has 1 heterocycles. The number of nitrogens with zero attached hydrogens (tertiary/aromatic N) is 2. The van der Waals surface area contributed by atoms with Crippen LogP contribution in [0.15, 0.2) is 29.0 Å². The normalized spacial score (nSPS) is 10.3. The van der Waals surface area contributed by atoms with Gasteiger partial charge in [0.25, 0.3) is 5.91 Å². The largest absolute Gasteiger partial charge is 0.305 e. The van der Waals surface area contributed by atoms with Gasteiger partial charge in [0.15, 0.2) is 11.0 Å². The first-order valence-corrected chi connectivity index (χ1v) is 6.47. The van der Waals surface area contributed by atoms with E-state index in [1.54, 1.807) is 0 Å². The van der Waals surface area contributed by atoms with Crippen molar-refractivity contribution in [2.75, 3.05) is 5.32 Å². The third kappa shape index (κ3) is 3.02. The van der Waals surface area contributed by atoms with E-state index >= 15 is 0 Å². The molecular formula is C11H5BrCl2FN3O. The number of rotatable bonds is 2. The van der Waals surface area contributed by atoms with Crippen LogP contribution in [0.3, 0.4) is 0 Å². The average Bonchev–Trinajstić information content (AvgIpc) is 2.38. The minimum Gasteiger partial charge on any atom is -0.305 e. The number of hydrogen-bond donors (Lipinski definition) is 1. The molecule has 0 bridgehead atoms. The smallest absolute Gasteiger partial charge is 0.258 e. The Morgan fingerprint density at radius 1 is 1.32 bits per heavy atom. The molecule has 0 atom stereocenters. The third-order valence-corrected chi connectivity index (χ3v) is 3.72. The number of carbonyl (C=O) groups is 1. The van der Waals surface area contributed by atoms with Crippen molar-refractivity contribution >= 4 is 50.9 Å². The molecule has 1 N–H and O–H groups in total. The highest BCUT2D eigenvalue weighted by atomic mass is 79.9. The van der Waals surface area contributed by atoms with E-state index in [9.17, 15) is 9.18 Å². The fraction of sp³-hybridized carbons (Fsp3) is 0. The Morgan fingerprint density at radius 3 is 2.79 bits per heavy atom. The van der Waals surface area contributed by atoms with E-state index < -0.39 is 11.7 Å². The lowest BCUT2D eigenvalue weighted by Crippen LogP contribution is -2.14. The van der Waals surface area contributed by atoms with E-state index in [1.165, 1.54) is 18.2 Å². The lowest BCUT2D eigenvalue weighted by molar-refractivity contribution is 0.102. The molecule has 0 fully saturated rings. The minimum atomic E-state index is -0.567. The van der Waals surface area contributed by atoms with Gasteiger partial charge in [-0.05, 0) is 28.1 Å². The summed E-state index contributed by atoms with van der Waals surface area (Å²) in [7, 11) is 0. The Labute approximate surface area is 126 Å². The fourth-order valence-corrected chi connectivity index (χ4v) is 2.01. The van der Waals surface area contributed by atoms with Gasteiger partial charge in [0, 0.05) is 0 Å². The summed E-state index contributed by atoms with van der Waals surface area (Å²) >= 11 is 14.5. The molecule has 0 aliphatic rings. The number of hydrogen-bond acceptors (Lipinski definition) is 3. The minimum absolute atomic E-state index is 0.0186. The molecule has 0 aliphatic heterocycles. The molecular weight excluding hydrogens is 360 g/mol. The molecule has 0 aliphatic carbocycles. The summed E-state index contributed by atoms with van der Waals surface area (Å²) in [4.78, 5) is 19.4. The summed E-state index contributed by atoms with van der Waals surface area (Å²) in [5, 5.41) is 2.47. The van der Waals surface area contributed by atoms with E-state index in [2.05, 4.69) is 31.2 Å². The fourth-order valence-electron chi connectivity index (χ4n) is 1.29. The van der Waals surface area contributed by atoms with E-state index in [-0.39, 0.29) is 26.0 Å². The van der Waals surface area contributed by atoms with Crippen LogP contribution in [-0.4, -0.2) is 15.9 Å². The average molecular weight is 365 g/mol. The van der Waals surface area contributed by atoms with Gasteiger partial charge in [-0.3, -0.25) is 4.79 Å². The zero-order chi connectivity index (χ0) is 14.0. The summed E-state index contributed by atoms with van der Waals surface area (Å²) in [6, 6.07) is 4.11. The van der Waals surface area contributed by atoms with Crippen LogP contribution in [0.5, 0.6) is 0 Å². The molecule has 0 spiro atoms. The van der Waals surface area contributed by atoms with Crippen molar-refractivity contribution in [1.82, 2.24) is 9.97 Å². The third-order valence-electron chi connectivity index (χ3n) is 2.18. The van der Waals surface area contributed by atoms with Crippen LogP contribution in [0.1, 0.15) is 10.4 Å². The molecule has 0 saturated carbocycles. The van der Waals surface area contributed by atoms with Gasteiger partial charge in [0.2, 0.25) is 0 Å². The summed E-state index contributed by atoms with van der Waals surface area (Å²) in [6.45, 7) is 0. The standard InChI is InChI=1S/C11H5BrCl2FN3O/c12-7-5(2-1-3-6(7)15)11(19)18-10-8(13)9(14)16-4-17-10/h1-4H,(H,16,17,18,19). The molecule has 0 radical (unpaired) electrons. The number of carbonyl (C=O) groups excluding carboxylic acids is 1. The first kappa shape index (κ1) is 14.2. The first-order chi connectivity index (χ1) is 9.00.